The van der Waals surface area contributed by atoms with Crippen LogP contribution in [-0.4, -0.2) is 24.1 Å². The van der Waals surface area contributed by atoms with E-state index >= 15 is 0 Å². The van der Waals surface area contributed by atoms with E-state index < -0.39 is 0 Å². The van der Waals surface area contributed by atoms with Crippen LogP contribution >= 0.6 is 11.8 Å². The lowest BCUT2D eigenvalue weighted by molar-refractivity contribution is 0.381. The van der Waals surface area contributed by atoms with Gasteiger partial charge in [0.25, 0.3) is 0 Å². The first kappa shape index (κ1) is 12.9. The van der Waals surface area contributed by atoms with Crippen LogP contribution in [0.4, 0.5) is 0 Å². The molecule has 2 unspecified atom stereocenters. The molecule has 2 nitrogen and oxygen atoms in total. The molecule has 3 heteroatoms. The Hall–Kier alpha value is -0.200. The van der Waals surface area contributed by atoms with Gasteiger partial charge in [0.15, 0.2) is 0 Å². The third-order valence-electron chi connectivity index (χ3n) is 3.13. The highest BCUT2D eigenvalue weighted by Crippen LogP contribution is 2.26. The van der Waals surface area contributed by atoms with Gasteiger partial charge < -0.3 is 5.32 Å². The topological polar surface area (TPSA) is 35.8 Å². The van der Waals surface area contributed by atoms with Gasteiger partial charge in [-0.3, -0.25) is 0 Å². The van der Waals surface area contributed by atoms with E-state index in [-0.39, 0.29) is 0 Å². The van der Waals surface area contributed by atoms with Crippen LogP contribution in [0, 0.1) is 11.3 Å². The Labute approximate surface area is 97.8 Å². The molecule has 0 saturated heterocycles. The SMILES string of the molecule is CSC1CCCCC1NCCCCC#N. The summed E-state index contributed by atoms with van der Waals surface area (Å²) in [5, 5.41) is 12.9. The lowest BCUT2D eigenvalue weighted by Gasteiger charge is -2.31. The molecule has 0 aliphatic heterocycles. The van der Waals surface area contributed by atoms with Crippen LogP contribution in [-0.2, 0) is 0 Å². The average molecular weight is 226 g/mol. The second kappa shape index (κ2) is 8.01. The minimum atomic E-state index is 0.707. The molecule has 1 aliphatic rings. The first-order chi connectivity index (χ1) is 7.38. The van der Waals surface area contributed by atoms with E-state index in [1.54, 1.807) is 0 Å². The standard InChI is InChI=1S/C12H22N2S/c1-15-12-8-4-3-7-11(12)14-10-6-2-5-9-13/h11-12,14H,2-8,10H2,1H3. The highest BCUT2D eigenvalue weighted by Gasteiger charge is 2.23. The molecule has 15 heavy (non-hydrogen) atoms. The molecule has 0 aromatic rings. The van der Waals surface area contributed by atoms with Crippen molar-refractivity contribution in [3.05, 3.63) is 0 Å². The van der Waals surface area contributed by atoms with Gasteiger partial charge in [-0.05, 0) is 38.5 Å². The maximum atomic E-state index is 8.42. The van der Waals surface area contributed by atoms with Crippen LogP contribution in [0.15, 0.2) is 0 Å². The smallest absolute Gasteiger partial charge is 0.0621 e. The van der Waals surface area contributed by atoms with Gasteiger partial charge in [0.2, 0.25) is 0 Å². The number of nitriles is 1. The van der Waals surface area contributed by atoms with Crippen LogP contribution in [0.2, 0.25) is 0 Å². The number of rotatable bonds is 6. The highest BCUT2D eigenvalue weighted by atomic mass is 32.2. The maximum Gasteiger partial charge on any atom is 0.0621 e. The van der Waals surface area contributed by atoms with Crippen molar-refractivity contribution in [3.8, 4) is 6.07 Å². The van der Waals surface area contributed by atoms with Crippen molar-refractivity contribution in [3.63, 3.8) is 0 Å². The minimum Gasteiger partial charge on any atom is -0.313 e. The minimum absolute atomic E-state index is 0.707. The van der Waals surface area contributed by atoms with Crippen molar-refractivity contribution in [1.82, 2.24) is 5.32 Å². The molecule has 1 fully saturated rings. The Balaban J connectivity index is 2.10. The highest BCUT2D eigenvalue weighted by molar-refractivity contribution is 7.99. The third-order valence-corrected chi connectivity index (χ3v) is 4.30. The van der Waals surface area contributed by atoms with Gasteiger partial charge in [-0.15, -0.1) is 0 Å². The Kier molecular flexibility index (Phi) is 6.87. The fourth-order valence-electron chi connectivity index (χ4n) is 2.23. The van der Waals surface area contributed by atoms with Gasteiger partial charge in [-0.1, -0.05) is 12.8 Å². The van der Waals surface area contributed by atoms with Crippen molar-refractivity contribution < 1.29 is 0 Å². The molecule has 1 aliphatic carbocycles. The van der Waals surface area contributed by atoms with Gasteiger partial charge in [0.05, 0.1) is 6.07 Å². The van der Waals surface area contributed by atoms with Gasteiger partial charge >= 0.3 is 0 Å². The lowest BCUT2D eigenvalue weighted by Crippen LogP contribution is -2.40. The van der Waals surface area contributed by atoms with E-state index in [0.717, 1.165) is 30.7 Å². The summed E-state index contributed by atoms with van der Waals surface area (Å²) in [4.78, 5) is 0. The Morgan fingerprint density at radius 2 is 2.13 bits per heavy atom. The van der Waals surface area contributed by atoms with Gasteiger partial charge in [0.1, 0.15) is 0 Å². The normalized spacial score (nSPS) is 26.1. The van der Waals surface area contributed by atoms with Crippen molar-refractivity contribution >= 4 is 11.8 Å². The third kappa shape index (κ3) is 4.90. The first-order valence-corrected chi connectivity index (χ1v) is 7.30. The molecule has 0 aromatic heterocycles. The molecule has 2 atom stereocenters. The van der Waals surface area contributed by atoms with E-state index in [9.17, 15) is 0 Å². The molecule has 0 aromatic carbocycles. The zero-order chi connectivity index (χ0) is 10.9. The second-order valence-corrected chi connectivity index (χ2v) is 5.31. The van der Waals surface area contributed by atoms with Crippen LogP contribution in [0.25, 0.3) is 0 Å². The molecule has 0 radical (unpaired) electrons. The molecule has 0 bridgehead atoms. The molecular weight excluding hydrogens is 204 g/mol. The number of hydrogen-bond donors (Lipinski definition) is 1. The second-order valence-electron chi connectivity index (χ2n) is 4.23. The van der Waals surface area contributed by atoms with Crippen LogP contribution < -0.4 is 5.32 Å². The van der Waals surface area contributed by atoms with Crippen LogP contribution in [0.1, 0.15) is 44.9 Å². The molecule has 1 N–H and O–H groups in total. The Bertz CT molecular complexity index is 200. The van der Waals surface area contributed by atoms with Crippen molar-refractivity contribution in [2.45, 2.75) is 56.2 Å². The molecule has 86 valence electrons. The number of unbranched alkanes of at least 4 members (excludes halogenated alkanes) is 2. The van der Waals surface area contributed by atoms with E-state index in [2.05, 4.69) is 17.6 Å². The largest absolute Gasteiger partial charge is 0.313 e. The predicted octanol–water partition coefficient (Wildman–Crippen LogP) is 2.94. The zero-order valence-corrected chi connectivity index (χ0v) is 10.5. The quantitative estimate of drug-likeness (QED) is 0.707. The lowest BCUT2D eigenvalue weighted by atomic mass is 9.95. The fourth-order valence-corrected chi connectivity index (χ4v) is 3.19. The predicted molar refractivity (Wildman–Crippen MR) is 67.0 cm³/mol. The van der Waals surface area contributed by atoms with Crippen LogP contribution in [0.5, 0.6) is 0 Å². The van der Waals surface area contributed by atoms with E-state index in [0.29, 0.717) is 6.42 Å². The van der Waals surface area contributed by atoms with E-state index in [4.69, 9.17) is 5.26 Å². The van der Waals surface area contributed by atoms with E-state index in [1.807, 2.05) is 11.8 Å². The summed E-state index contributed by atoms with van der Waals surface area (Å²) in [6.45, 7) is 1.09. The summed E-state index contributed by atoms with van der Waals surface area (Å²) >= 11 is 2.01. The van der Waals surface area contributed by atoms with Crippen molar-refractivity contribution in [2.24, 2.45) is 0 Å². The Morgan fingerprint density at radius 3 is 2.87 bits per heavy atom. The van der Waals surface area contributed by atoms with Gasteiger partial charge in [0, 0.05) is 17.7 Å². The monoisotopic (exact) mass is 226 g/mol. The number of nitrogens with one attached hydrogen (secondary N) is 1. The summed E-state index contributed by atoms with van der Waals surface area (Å²) in [6.07, 6.45) is 10.6. The molecule has 1 saturated carbocycles. The number of nitrogens with zero attached hydrogens (tertiary/aromatic N) is 1. The maximum absolute atomic E-state index is 8.42. The average Bonchev–Trinajstić information content (AvgIpc) is 2.29. The summed E-state index contributed by atoms with van der Waals surface area (Å²) < 4.78 is 0. The Morgan fingerprint density at radius 1 is 1.33 bits per heavy atom. The summed E-state index contributed by atoms with van der Waals surface area (Å²) in [5.41, 5.74) is 0. The molecule has 0 heterocycles. The molecule has 1 rings (SSSR count). The van der Waals surface area contributed by atoms with Crippen LogP contribution in [0.3, 0.4) is 0 Å². The molecule has 0 spiro atoms. The first-order valence-electron chi connectivity index (χ1n) is 6.01. The van der Waals surface area contributed by atoms with E-state index in [1.165, 1.54) is 25.7 Å². The number of hydrogen-bond acceptors (Lipinski definition) is 3. The summed E-state index contributed by atoms with van der Waals surface area (Å²) in [6, 6.07) is 2.91. The van der Waals surface area contributed by atoms with Crippen molar-refractivity contribution in [2.75, 3.05) is 12.8 Å². The summed E-state index contributed by atoms with van der Waals surface area (Å²) in [5.74, 6) is 0. The van der Waals surface area contributed by atoms with Crippen molar-refractivity contribution in [1.29, 1.82) is 5.26 Å². The molecular formula is C12H22N2S. The fraction of sp³-hybridized carbons (Fsp3) is 0.917. The zero-order valence-electron chi connectivity index (χ0n) is 9.67. The number of thioether (sulfide) groups is 1. The molecule has 0 amide bonds. The van der Waals surface area contributed by atoms with Gasteiger partial charge in [-0.2, -0.15) is 17.0 Å². The summed E-state index contributed by atoms with van der Waals surface area (Å²) in [7, 11) is 0. The van der Waals surface area contributed by atoms with Gasteiger partial charge in [-0.25, -0.2) is 0 Å².